The van der Waals surface area contributed by atoms with Crippen molar-refractivity contribution in [3.63, 3.8) is 0 Å². The highest BCUT2D eigenvalue weighted by molar-refractivity contribution is 5.72. The Morgan fingerprint density at radius 1 is 1.04 bits per heavy atom. The topological polar surface area (TPSA) is 26.3 Å². The summed E-state index contributed by atoms with van der Waals surface area (Å²) in [5.74, 6) is 2.44. The molecule has 0 heterocycles. The van der Waals surface area contributed by atoms with E-state index in [0.29, 0.717) is 24.0 Å². The fourth-order valence-electron chi connectivity index (χ4n) is 4.03. The van der Waals surface area contributed by atoms with Gasteiger partial charge in [-0.15, -0.1) is 0 Å². The molecule has 0 aromatic heterocycles. The molecule has 2 rings (SSSR count). The van der Waals surface area contributed by atoms with E-state index in [1.807, 2.05) is 12.1 Å². The first-order valence-electron chi connectivity index (χ1n) is 9.48. The summed E-state index contributed by atoms with van der Waals surface area (Å²) in [6, 6.07) is 8.10. The molecule has 128 valence electrons. The van der Waals surface area contributed by atoms with Gasteiger partial charge in [0.2, 0.25) is 0 Å². The number of carbonyl (C=O) groups excluding carboxylic acids is 1. The van der Waals surface area contributed by atoms with Gasteiger partial charge in [0.15, 0.2) is 0 Å². The predicted octanol–water partition coefficient (Wildman–Crippen LogP) is 6.10. The van der Waals surface area contributed by atoms with E-state index in [2.05, 4.69) is 32.9 Å². The maximum absolute atomic E-state index is 12.2. The zero-order chi connectivity index (χ0) is 16.7. The molecule has 0 bridgehead atoms. The van der Waals surface area contributed by atoms with Crippen LogP contribution < -0.4 is 4.74 Å². The van der Waals surface area contributed by atoms with Gasteiger partial charge in [-0.25, -0.2) is 0 Å². The fraction of sp³-hybridized carbons (Fsp3) is 0.667. The quantitative estimate of drug-likeness (QED) is 0.427. The van der Waals surface area contributed by atoms with Crippen molar-refractivity contribution in [1.82, 2.24) is 0 Å². The first kappa shape index (κ1) is 18.0. The van der Waals surface area contributed by atoms with Crippen LogP contribution in [0.15, 0.2) is 24.3 Å². The van der Waals surface area contributed by atoms with Crippen LogP contribution in [0, 0.1) is 11.8 Å². The minimum atomic E-state index is -0.0703. The van der Waals surface area contributed by atoms with E-state index in [0.717, 1.165) is 25.2 Å². The van der Waals surface area contributed by atoms with Gasteiger partial charge in [0, 0.05) is 6.42 Å². The highest BCUT2D eigenvalue weighted by Crippen LogP contribution is 2.35. The maximum atomic E-state index is 12.2. The number of rotatable bonds is 8. The molecule has 1 aliphatic rings. The summed E-state index contributed by atoms with van der Waals surface area (Å²) in [6.07, 6.45) is 9.17. The molecule has 1 aromatic rings. The van der Waals surface area contributed by atoms with Crippen molar-refractivity contribution >= 4 is 5.97 Å². The summed E-state index contributed by atoms with van der Waals surface area (Å²) in [5.41, 5.74) is 1.34. The Balaban J connectivity index is 1.89. The van der Waals surface area contributed by atoms with Gasteiger partial charge in [0.05, 0.1) is 0 Å². The van der Waals surface area contributed by atoms with E-state index >= 15 is 0 Å². The molecule has 0 aliphatic heterocycles. The Bertz CT molecular complexity index is 467. The molecule has 2 nitrogen and oxygen atoms in total. The molecular weight excluding hydrogens is 284 g/mol. The van der Waals surface area contributed by atoms with Crippen LogP contribution in [0.2, 0.25) is 0 Å². The maximum Gasteiger partial charge on any atom is 0.311 e. The lowest BCUT2D eigenvalue weighted by molar-refractivity contribution is -0.135. The van der Waals surface area contributed by atoms with Crippen LogP contribution in [-0.2, 0) is 4.79 Å². The molecule has 0 spiro atoms. The fourth-order valence-corrected chi connectivity index (χ4v) is 4.03. The second-order valence-corrected chi connectivity index (χ2v) is 6.97. The van der Waals surface area contributed by atoms with Crippen LogP contribution in [0.4, 0.5) is 0 Å². The summed E-state index contributed by atoms with van der Waals surface area (Å²) in [5, 5.41) is 0. The van der Waals surface area contributed by atoms with E-state index in [4.69, 9.17) is 4.74 Å². The van der Waals surface area contributed by atoms with Gasteiger partial charge in [-0.3, -0.25) is 4.79 Å². The van der Waals surface area contributed by atoms with Crippen LogP contribution in [-0.4, -0.2) is 5.97 Å². The highest BCUT2D eigenvalue weighted by atomic mass is 16.5. The lowest BCUT2D eigenvalue weighted by Gasteiger charge is -2.21. The summed E-state index contributed by atoms with van der Waals surface area (Å²) in [6.45, 7) is 6.63. The Morgan fingerprint density at radius 2 is 1.65 bits per heavy atom. The number of hydrogen-bond donors (Lipinski definition) is 0. The zero-order valence-electron chi connectivity index (χ0n) is 15.0. The third-order valence-corrected chi connectivity index (χ3v) is 5.59. The summed E-state index contributed by atoms with van der Waals surface area (Å²) < 4.78 is 5.57. The molecule has 0 N–H and O–H groups in total. The minimum absolute atomic E-state index is 0.0703. The third kappa shape index (κ3) is 5.09. The monoisotopic (exact) mass is 316 g/mol. The molecule has 1 fully saturated rings. The Hall–Kier alpha value is -1.31. The van der Waals surface area contributed by atoms with Crippen LogP contribution in [0.3, 0.4) is 0 Å². The number of hydrogen-bond acceptors (Lipinski definition) is 2. The van der Waals surface area contributed by atoms with E-state index in [1.165, 1.54) is 31.2 Å². The minimum Gasteiger partial charge on any atom is -0.427 e. The van der Waals surface area contributed by atoms with Crippen molar-refractivity contribution in [1.29, 1.82) is 0 Å². The summed E-state index contributed by atoms with van der Waals surface area (Å²) in [7, 11) is 0. The standard InChI is InChI=1S/C21H32O2/c1-4-16(5-2)19-11-13-20(14-12-19)23-21(22)15-17(6-3)18-9-7-8-10-18/h11-14,16-18H,4-10,15H2,1-3H3. The zero-order valence-corrected chi connectivity index (χ0v) is 15.0. The molecule has 1 aromatic carbocycles. The van der Waals surface area contributed by atoms with Gasteiger partial charge in [-0.1, -0.05) is 65.0 Å². The summed E-state index contributed by atoms with van der Waals surface area (Å²) >= 11 is 0. The second-order valence-electron chi connectivity index (χ2n) is 6.97. The van der Waals surface area contributed by atoms with Crippen LogP contribution in [0.25, 0.3) is 0 Å². The first-order valence-corrected chi connectivity index (χ1v) is 9.48. The van der Waals surface area contributed by atoms with E-state index in [1.54, 1.807) is 0 Å². The van der Waals surface area contributed by atoms with Crippen LogP contribution >= 0.6 is 0 Å². The van der Waals surface area contributed by atoms with Gasteiger partial charge in [-0.2, -0.15) is 0 Å². The molecule has 1 atom stereocenters. The van der Waals surface area contributed by atoms with E-state index in [-0.39, 0.29) is 5.97 Å². The Morgan fingerprint density at radius 3 is 2.17 bits per heavy atom. The van der Waals surface area contributed by atoms with E-state index in [9.17, 15) is 4.79 Å². The van der Waals surface area contributed by atoms with Gasteiger partial charge in [0.1, 0.15) is 5.75 Å². The van der Waals surface area contributed by atoms with E-state index < -0.39 is 0 Å². The first-order chi connectivity index (χ1) is 11.2. The number of ether oxygens (including phenoxy) is 1. The Kier molecular flexibility index (Phi) is 7.14. The normalized spacial score (nSPS) is 16.7. The average molecular weight is 316 g/mol. The van der Waals surface area contributed by atoms with Gasteiger partial charge in [-0.05, 0) is 48.3 Å². The molecule has 1 unspecified atom stereocenters. The average Bonchev–Trinajstić information content (AvgIpc) is 3.09. The summed E-state index contributed by atoms with van der Waals surface area (Å²) in [4.78, 5) is 12.2. The van der Waals surface area contributed by atoms with Gasteiger partial charge in [0.25, 0.3) is 0 Å². The molecule has 2 heteroatoms. The predicted molar refractivity (Wildman–Crippen MR) is 95.8 cm³/mol. The van der Waals surface area contributed by atoms with Gasteiger partial charge < -0.3 is 4.74 Å². The molecule has 1 aliphatic carbocycles. The van der Waals surface area contributed by atoms with Gasteiger partial charge >= 0.3 is 5.97 Å². The largest absolute Gasteiger partial charge is 0.427 e. The van der Waals surface area contributed by atoms with Crippen molar-refractivity contribution in [3.05, 3.63) is 29.8 Å². The van der Waals surface area contributed by atoms with Crippen molar-refractivity contribution in [3.8, 4) is 5.75 Å². The number of esters is 1. The number of benzene rings is 1. The molecule has 1 saturated carbocycles. The highest BCUT2D eigenvalue weighted by Gasteiger charge is 2.26. The molecule has 0 saturated heterocycles. The van der Waals surface area contributed by atoms with Crippen LogP contribution in [0.5, 0.6) is 5.75 Å². The molecule has 0 radical (unpaired) electrons. The van der Waals surface area contributed by atoms with Crippen molar-refractivity contribution in [2.45, 2.75) is 78.1 Å². The molecule has 23 heavy (non-hydrogen) atoms. The second kappa shape index (κ2) is 9.10. The van der Waals surface area contributed by atoms with Crippen LogP contribution in [0.1, 0.15) is 83.6 Å². The number of carbonyl (C=O) groups is 1. The SMILES string of the molecule is CCC(CC)c1ccc(OC(=O)CC(CC)C2CCCC2)cc1. The Labute approximate surface area is 141 Å². The van der Waals surface area contributed by atoms with Crippen molar-refractivity contribution in [2.24, 2.45) is 11.8 Å². The third-order valence-electron chi connectivity index (χ3n) is 5.59. The lowest BCUT2D eigenvalue weighted by atomic mass is 9.86. The lowest BCUT2D eigenvalue weighted by Crippen LogP contribution is -2.19. The van der Waals surface area contributed by atoms with Crippen molar-refractivity contribution < 1.29 is 9.53 Å². The molecular formula is C21H32O2. The smallest absolute Gasteiger partial charge is 0.311 e. The van der Waals surface area contributed by atoms with Crippen molar-refractivity contribution in [2.75, 3.05) is 0 Å². The molecule has 0 amide bonds.